The standard InChI is InChI=1S/C7H8Cl2N2S.ClH/c8-6-4-2(10)1-3(11)5(4)7(9)12-6;/h2-3H,1,10-11H2;1H/t2-,3+;. The zero-order chi connectivity index (χ0) is 8.88. The Labute approximate surface area is 96.6 Å². The predicted octanol–water partition coefficient (Wildman–Crippen LogP) is 2.88. The van der Waals surface area contributed by atoms with Crippen molar-refractivity contribution >= 4 is 46.9 Å². The van der Waals surface area contributed by atoms with Crippen LogP contribution < -0.4 is 11.5 Å². The SMILES string of the molecule is Cl.N[C@@H]1C[C@H](N)c2c(Cl)sc(Cl)c21. The van der Waals surface area contributed by atoms with Crippen molar-refractivity contribution < 1.29 is 0 Å². The van der Waals surface area contributed by atoms with Crippen LogP contribution in [0.5, 0.6) is 0 Å². The monoisotopic (exact) mass is 258 g/mol. The van der Waals surface area contributed by atoms with Gasteiger partial charge in [-0.1, -0.05) is 23.2 Å². The molecule has 2 rings (SSSR count). The minimum absolute atomic E-state index is 0. The summed E-state index contributed by atoms with van der Waals surface area (Å²) in [5.41, 5.74) is 13.6. The van der Waals surface area contributed by atoms with E-state index in [-0.39, 0.29) is 24.5 Å². The van der Waals surface area contributed by atoms with Gasteiger partial charge in [0.2, 0.25) is 0 Å². The predicted molar refractivity (Wildman–Crippen MR) is 60.1 cm³/mol. The summed E-state index contributed by atoms with van der Waals surface area (Å²) in [6.07, 6.45) is 0.748. The number of thiophene rings is 1. The van der Waals surface area contributed by atoms with Crippen LogP contribution in [0, 0.1) is 0 Å². The summed E-state index contributed by atoms with van der Waals surface area (Å²) in [7, 11) is 0. The molecule has 1 heterocycles. The molecule has 0 amide bonds. The molecule has 0 fully saturated rings. The molecule has 6 heteroatoms. The highest BCUT2D eigenvalue weighted by Crippen LogP contribution is 2.48. The Hall–Kier alpha value is 0.490. The average Bonchev–Trinajstić information content (AvgIpc) is 2.38. The third-order valence-electron chi connectivity index (χ3n) is 2.14. The molecule has 1 aliphatic carbocycles. The van der Waals surface area contributed by atoms with Gasteiger partial charge in [0.25, 0.3) is 0 Å². The number of halogens is 3. The molecule has 0 aliphatic heterocycles. The first-order valence-corrected chi connectivity index (χ1v) is 5.17. The van der Waals surface area contributed by atoms with E-state index in [1.54, 1.807) is 0 Å². The number of hydrogen-bond donors (Lipinski definition) is 2. The molecular weight excluding hydrogens is 251 g/mol. The summed E-state index contributed by atoms with van der Waals surface area (Å²) >= 11 is 13.2. The van der Waals surface area contributed by atoms with Crippen LogP contribution in [0.25, 0.3) is 0 Å². The molecule has 0 spiro atoms. The van der Waals surface area contributed by atoms with Gasteiger partial charge in [0.05, 0.1) is 8.67 Å². The van der Waals surface area contributed by atoms with E-state index in [0.29, 0.717) is 8.67 Å². The van der Waals surface area contributed by atoms with Gasteiger partial charge in [0, 0.05) is 23.2 Å². The van der Waals surface area contributed by atoms with Gasteiger partial charge in [-0.2, -0.15) is 0 Å². The van der Waals surface area contributed by atoms with Gasteiger partial charge in [0.1, 0.15) is 0 Å². The van der Waals surface area contributed by atoms with Crippen molar-refractivity contribution in [2.45, 2.75) is 18.5 Å². The highest BCUT2D eigenvalue weighted by atomic mass is 35.5. The Bertz CT molecular complexity index is 297. The molecule has 2 nitrogen and oxygen atoms in total. The zero-order valence-corrected chi connectivity index (χ0v) is 9.73. The Morgan fingerprint density at radius 2 is 1.46 bits per heavy atom. The minimum Gasteiger partial charge on any atom is -0.324 e. The van der Waals surface area contributed by atoms with Gasteiger partial charge >= 0.3 is 0 Å². The Balaban J connectivity index is 0.000000845. The Morgan fingerprint density at radius 1 is 1.08 bits per heavy atom. The molecule has 0 saturated carbocycles. The van der Waals surface area contributed by atoms with Crippen molar-refractivity contribution in [1.82, 2.24) is 0 Å². The lowest BCUT2D eigenvalue weighted by molar-refractivity contribution is 0.621. The third kappa shape index (κ3) is 1.69. The van der Waals surface area contributed by atoms with E-state index in [1.807, 2.05) is 0 Å². The third-order valence-corrected chi connectivity index (χ3v) is 3.81. The molecule has 2 atom stereocenters. The summed E-state index contributed by atoms with van der Waals surface area (Å²) in [6.45, 7) is 0. The van der Waals surface area contributed by atoms with Crippen molar-refractivity contribution in [3.63, 3.8) is 0 Å². The van der Waals surface area contributed by atoms with Crippen molar-refractivity contribution in [1.29, 1.82) is 0 Å². The van der Waals surface area contributed by atoms with Crippen molar-refractivity contribution in [2.75, 3.05) is 0 Å². The first kappa shape index (κ1) is 11.6. The van der Waals surface area contributed by atoms with Gasteiger partial charge in [-0.25, -0.2) is 0 Å². The van der Waals surface area contributed by atoms with Gasteiger partial charge in [-0.15, -0.1) is 23.7 Å². The summed E-state index contributed by atoms with van der Waals surface area (Å²) in [5, 5.41) is 0. The molecule has 4 N–H and O–H groups in total. The largest absolute Gasteiger partial charge is 0.324 e. The van der Waals surface area contributed by atoms with E-state index in [4.69, 9.17) is 34.7 Å². The fourth-order valence-corrected chi connectivity index (χ4v) is 3.57. The molecule has 0 saturated heterocycles. The van der Waals surface area contributed by atoms with Crippen LogP contribution in [-0.4, -0.2) is 0 Å². The summed E-state index contributed by atoms with van der Waals surface area (Å²) in [6, 6.07) is -0.0718. The average molecular weight is 260 g/mol. The zero-order valence-electron chi connectivity index (χ0n) is 6.59. The smallest absolute Gasteiger partial charge is 0.0995 e. The van der Waals surface area contributed by atoms with E-state index < -0.39 is 0 Å². The van der Waals surface area contributed by atoms with Gasteiger partial charge in [0.15, 0.2) is 0 Å². The topological polar surface area (TPSA) is 52.0 Å². The van der Waals surface area contributed by atoms with Crippen LogP contribution in [0.3, 0.4) is 0 Å². The van der Waals surface area contributed by atoms with E-state index in [9.17, 15) is 0 Å². The van der Waals surface area contributed by atoms with Crippen LogP contribution in [0.2, 0.25) is 8.67 Å². The molecule has 1 aromatic rings. The number of hydrogen-bond acceptors (Lipinski definition) is 3. The first-order chi connectivity index (χ1) is 5.61. The molecule has 0 aromatic carbocycles. The van der Waals surface area contributed by atoms with Crippen molar-refractivity contribution in [2.24, 2.45) is 11.5 Å². The van der Waals surface area contributed by atoms with E-state index in [0.717, 1.165) is 17.5 Å². The maximum atomic E-state index is 5.95. The lowest BCUT2D eigenvalue weighted by atomic mass is 10.2. The quantitative estimate of drug-likeness (QED) is 0.753. The minimum atomic E-state index is -0.0359. The van der Waals surface area contributed by atoms with Crippen LogP contribution in [-0.2, 0) is 0 Å². The summed E-state index contributed by atoms with van der Waals surface area (Å²) in [5.74, 6) is 0. The normalized spacial score (nSPS) is 25.5. The number of rotatable bonds is 0. The van der Waals surface area contributed by atoms with E-state index in [1.165, 1.54) is 11.3 Å². The van der Waals surface area contributed by atoms with Crippen LogP contribution >= 0.6 is 46.9 Å². The fraction of sp³-hybridized carbons (Fsp3) is 0.429. The van der Waals surface area contributed by atoms with Crippen LogP contribution in [0.1, 0.15) is 29.6 Å². The van der Waals surface area contributed by atoms with Gasteiger partial charge in [-0.3, -0.25) is 0 Å². The highest BCUT2D eigenvalue weighted by Gasteiger charge is 2.32. The van der Waals surface area contributed by atoms with Gasteiger partial charge < -0.3 is 11.5 Å². The van der Waals surface area contributed by atoms with E-state index >= 15 is 0 Å². The van der Waals surface area contributed by atoms with Crippen molar-refractivity contribution in [3.8, 4) is 0 Å². The molecular formula is C7H9Cl3N2S. The molecule has 0 bridgehead atoms. The highest BCUT2D eigenvalue weighted by molar-refractivity contribution is 7.20. The second kappa shape index (κ2) is 3.93. The lowest BCUT2D eigenvalue weighted by Gasteiger charge is -2.02. The Kier molecular flexibility index (Phi) is 3.49. The molecule has 0 unspecified atom stereocenters. The van der Waals surface area contributed by atoms with Crippen molar-refractivity contribution in [3.05, 3.63) is 19.8 Å². The summed E-state index contributed by atoms with van der Waals surface area (Å²) < 4.78 is 1.38. The second-order valence-corrected chi connectivity index (χ2v) is 5.15. The Morgan fingerprint density at radius 3 is 1.85 bits per heavy atom. The van der Waals surface area contributed by atoms with E-state index in [2.05, 4.69) is 0 Å². The van der Waals surface area contributed by atoms with Crippen LogP contribution in [0.4, 0.5) is 0 Å². The maximum Gasteiger partial charge on any atom is 0.0995 e. The molecule has 1 aromatic heterocycles. The molecule has 13 heavy (non-hydrogen) atoms. The molecule has 1 aliphatic rings. The maximum absolute atomic E-state index is 5.95. The number of nitrogens with two attached hydrogens (primary N) is 2. The first-order valence-electron chi connectivity index (χ1n) is 3.60. The second-order valence-electron chi connectivity index (χ2n) is 2.93. The lowest BCUT2D eigenvalue weighted by Crippen LogP contribution is -2.09. The van der Waals surface area contributed by atoms with Crippen LogP contribution in [0.15, 0.2) is 0 Å². The molecule has 0 radical (unpaired) electrons. The fourth-order valence-electron chi connectivity index (χ4n) is 1.60. The van der Waals surface area contributed by atoms with Gasteiger partial charge in [-0.05, 0) is 6.42 Å². The molecule has 74 valence electrons. The summed E-state index contributed by atoms with van der Waals surface area (Å²) in [4.78, 5) is 0. The number of fused-ring (bicyclic) bond motifs is 1.